The van der Waals surface area contributed by atoms with Gasteiger partial charge in [0.2, 0.25) is 5.85 Å². The molecule has 0 fully saturated rings. The van der Waals surface area contributed by atoms with Gasteiger partial charge in [-0.05, 0) is 56.6 Å². The van der Waals surface area contributed by atoms with Crippen LogP contribution >= 0.6 is 7.60 Å². The van der Waals surface area contributed by atoms with Gasteiger partial charge in [-0.25, -0.2) is 0 Å². The van der Waals surface area contributed by atoms with Gasteiger partial charge in [0, 0.05) is 0 Å². The molecule has 6 heteroatoms. The SMILES string of the molecule is CCOP(=O)(OCC)[C@@H](CC(C)C)OC(=O)[C@@H](C)c1ccc(CC(C)C)cc1. The molecule has 160 valence electrons. The van der Waals surface area contributed by atoms with Crippen molar-refractivity contribution < 1.29 is 23.1 Å². The maximum absolute atomic E-state index is 13.2. The number of benzene rings is 1. The minimum atomic E-state index is -3.54. The molecular weight excluding hydrogens is 375 g/mol. The Hall–Kier alpha value is -1.16. The van der Waals surface area contributed by atoms with Crippen molar-refractivity contribution in [2.24, 2.45) is 11.8 Å². The molecule has 5 nitrogen and oxygen atoms in total. The third kappa shape index (κ3) is 7.69. The number of esters is 1. The van der Waals surface area contributed by atoms with Crippen molar-refractivity contribution in [3.63, 3.8) is 0 Å². The van der Waals surface area contributed by atoms with Crippen molar-refractivity contribution in [2.45, 2.75) is 73.1 Å². The molecule has 0 amide bonds. The highest BCUT2D eigenvalue weighted by Gasteiger charge is 2.40. The van der Waals surface area contributed by atoms with E-state index in [1.807, 2.05) is 26.0 Å². The Bertz CT molecular complexity index is 629. The monoisotopic (exact) mass is 412 g/mol. The van der Waals surface area contributed by atoms with Crippen LogP contribution in [0.25, 0.3) is 0 Å². The summed E-state index contributed by atoms with van der Waals surface area (Å²) in [6, 6.07) is 8.03. The topological polar surface area (TPSA) is 61.8 Å². The molecule has 2 atom stereocenters. The molecule has 28 heavy (non-hydrogen) atoms. The van der Waals surface area contributed by atoms with Crippen molar-refractivity contribution in [1.82, 2.24) is 0 Å². The normalized spacial score (nSPS) is 14.3. The number of rotatable bonds is 12. The smallest absolute Gasteiger partial charge is 0.370 e. The first-order chi connectivity index (χ1) is 13.1. The fourth-order valence-corrected chi connectivity index (χ4v) is 5.03. The second-order valence-electron chi connectivity index (χ2n) is 7.96. The average molecular weight is 413 g/mol. The van der Waals surface area contributed by atoms with E-state index in [0.29, 0.717) is 12.3 Å². The van der Waals surface area contributed by atoms with Crippen molar-refractivity contribution in [3.8, 4) is 0 Å². The van der Waals surface area contributed by atoms with E-state index >= 15 is 0 Å². The van der Waals surface area contributed by atoms with Crippen molar-refractivity contribution in [2.75, 3.05) is 13.2 Å². The summed E-state index contributed by atoms with van der Waals surface area (Å²) in [4.78, 5) is 12.8. The molecule has 0 saturated carbocycles. The van der Waals surface area contributed by atoms with Gasteiger partial charge in [0.05, 0.1) is 19.1 Å². The molecule has 0 unspecified atom stereocenters. The third-order valence-electron chi connectivity index (χ3n) is 4.37. The Kier molecular flexibility index (Phi) is 10.4. The van der Waals surface area contributed by atoms with Crippen LogP contribution in [0.3, 0.4) is 0 Å². The highest BCUT2D eigenvalue weighted by molar-refractivity contribution is 7.54. The molecular formula is C22H37O5P. The molecule has 0 heterocycles. The molecule has 0 spiro atoms. The number of hydrogen-bond acceptors (Lipinski definition) is 5. The Morgan fingerprint density at radius 1 is 0.929 bits per heavy atom. The van der Waals surface area contributed by atoms with Crippen LogP contribution in [0.15, 0.2) is 24.3 Å². The largest absolute Gasteiger partial charge is 0.449 e. The minimum absolute atomic E-state index is 0.178. The third-order valence-corrected chi connectivity index (χ3v) is 6.63. The Morgan fingerprint density at radius 3 is 1.89 bits per heavy atom. The number of carbonyl (C=O) groups is 1. The predicted molar refractivity (Wildman–Crippen MR) is 114 cm³/mol. The summed E-state index contributed by atoms with van der Waals surface area (Å²) in [5, 5.41) is 0. The molecule has 1 aromatic rings. The first-order valence-electron chi connectivity index (χ1n) is 10.3. The van der Waals surface area contributed by atoms with E-state index in [4.69, 9.17) is 13.8 Å². The Morgan fingerprint density at radius 2 is 1.46 bits per heavy atom. The molecule has 0 aliphatic heterocycles. The molecule has 0 aromatic heterocycles. The van der Waals surface area contributed by atoms with Gasteiger partial charge in [-0.3, -0.25) is 9.36 Å². The molecule has 0 aliphatic rings. The lowest BCUT2D eigenvalue weighted by Crippen LogP contribution is -2.25. The summed E-state index contributed by atoms with van der Waals surface area (Å²) in [5.74, 6) is -1.02. The summed E-state index contributed by atoms with van der Waals surface area (Å²) >= 11 is 0. The quantitative estimate of drug-likeness (QED) is 0.303. The fourth-order valence-electron chi connectivity index (χ4n) is 2.99. The van der Waals surface area contributed by atoms with Crippen molar-refractivity contribution >= 4 is 13.6 Å². The summed E-state index contributed by atoms with van der Waals surface area (Å²) in [6.45, 7) is 14.1. The van der Waals surface area contributed by atoms with Crippen LogP contribution in [0.4, 0.5) is 0 Å². The van der Waals surface area contributed by atoms with Crippen LogP contribution < -0.4 is 0 Å². The Balaban J connectivity index is 2.95. The maximum atomic E-state index is 13.2. The van der Waals surface area contributed by atoms with E-state index in [2.05, 4.69) is 26.0 Å². The van der Waals surface area contributed by atoms with E-state index in [0.717, 1.165) is 12.0 Å². The van der Waals surface area contributed by atoms with Crippen molar-refractivity contribution in [3.05, 3.63) is 35.4 Å². The second kappa shape index (κ2) is 11.7. The van der Waals surface area contributed by atoms with E-state index < -0.39 is 25.3 Å². The summed E-state index contributed by atoms with van der Waals surface area (Å²) in [7, 11) is -3.54. The zero-order valence-corrected chi connectivity index (χ0v) is 19.3. The van der Waals surface area contributed by atoms with Crippen LogP contribution in [0, 0.1) is 11.8 Å². The lowest BCUT2D eigenvalue weighted by atomic mass is 9.97. The van der Waals surface area contributed by atoms with E-state index in [1.54, 1.807) is 20.8 Å². The Labute approximate surface area is 170 Å². The molecule has 1 rings (SSSR count). The molecule has 1 aromatic carbocycles. The first kappa shape index (κ1) is 24.9. The van der Waals surface area contributed by atoms with Crippen LogP contribution in [-0.4, -0.2) is 25.0 Å². The first-order valence-corrected chi connectivity index (χ1v) is 11.9. The summed E-state index contributed by atoms with van der Waals surface area (Å²) < 4.78 is 29.7. The van der Waals surface area contributed by atoms with Gasteiger partial charge in [-0.1, -0.05) is 52.0 Å². The van der Waals surface area contributed by atoms with Crippen molar-refractivity contribution in [1.29, 1.82) is 0 Å². The fraction of sp³-hybridized carbons (Fsp3) is 0.682. The molecule has 0 bridgehead atoms. The van der Waals surface area contributed by atoms with Gasteiger partial charge in [0.1, 0.15) is 0 Å². The van der Waals surface area contributed by atoms with Crippen LogP contribution in [0.2, 0.25) is 0 Å². The maximum Gasteiger partial charge on any atom is 0.370 e. The summed E-state index contributed by atoms with van der Waals surface area (Å²) in [6.07, 6.45) is 1.42. The van der Waals surface area contributed by atoms with Gasteiger partial charge in [0.25, 0.3) is 0 Å². The van der Waals surface area contributed by atoms with Crippen LogP contribution in [-0.2, 0) is 29.6 Å². The van der Waals surface area contributed by atoms with E-state index in [-0.39, 0.29) is 19.1 Å². The minimum Gasteiger partial charge on any atom is -0.449 e. The van der Waals surface area contributed by atoms with E-state index in [1.165, 1.54) is 5.56 Å². The average Bonchev–Trinajstić information content (AvgIpc) is 2.60. The molecule has 0 radical (unpaired) electrons. The predicted octanol–water partition coefficient (Wildman–Crippen LogP) is 6.17. The molecule has 0 aliphatic carbocycles. The van der Waals surface area contributed by atoms with Gasteiger partial charge in [-0.15, -0.1) is 0 Å². The van der Waals surface area contributed by atoms with Gasteiger partial charge < -0.3 is 13.8 Å². The van der Waals surface area contributed by atoms with Crippen LogP contribution in [0.1, 0.15) is 71.9 Å². The van der Waals surface area contributed by atoms with Gasteiger partial charge in [0.15, 0.2) is 0 Å². The second-order valence-corrected chi connectivity index (χ2v) is 10.1. The zero-order chi connectivity index (χ0) is 21.3. The highest BCUT2D eigenvalue weighted by Crippen LogP contribution is 2.55. The number of ether oxygens (including phenoxy) is 1. The highest BCUT2D eigenvalue weighted by atomic mass is 31.2. The zero-order valence-electron chi connectivity index (χ0n) is 18.4. The summed E-state index contributed by atoms with van der Waals surface area (Å²) in [5.41, 5.74) is 2.12. The molecule has 0 N–H and O–H groups in total. The molecule has 0 saturated heterocycles. The van der Waals surface area contributed by atoms with Gasteiger partial charge >= 0.3 is 13.6 Å². The van der Waals surface area contributed by atoms with Crippen LogP contribution in [0.5, 0.6) is 0 Å². The lowest BCUT2D eigenvalue weighted by Gasteiger charge is -2.28. The lowest BCUT2D eigenvalue weighted by molar-refractivity contribution is -0.148. The number of carbonyl (C=O) groups excluding carboxylic acids is 1. The standard InChI is InChI=1S/C22H37O5P/c1-8-25-28(24,26-9-2)21(15-17(5)6)27-22(23)18(7)20-12-10-19(11-13-20)14-16(3)4/h10-13,16-18,21H,8-9,14-15H2,1-7H3/t18-,21-/m0/s1. The number of hydrogen-bond donors (Lipinski definition) is 0. The van der Waals surface area contributed by atoms with E-state index in [9.17, 15) is 9.36 Å². The van der Waals surface area contributed by atoms with Gasteiger partial charge in [-0.2, -0.15) is 0 Å².